The van der Waals surface area contributed by atoms with Gasteiger partial charge < -0.3 is 9.84 Å². The van der Waals surface area contributed by atoms with Crippen LogP contribution < -0.4 is 0 Å². The van der Waals surface area contributed by atoms with Crippen molar-refractivity contribution in [3.63, 3.8) is 0 Å². The summed E-state index contributed by atoms with van der Waals surface area (Å²) in [7, 11) is 0. The van der Waals surface area contributed by atoms with E-state index in [1.54, 1.807) is 13.0 Å². The Balaban J connectivity index is 0.000000576. The third-order valence-electron chi connectivity index (χ3n) is 5.18. The fraction of sp³-hybridized carbons (Fsp3) is 0.800. The van der Waals surface area contributed by atoms with E-state index in [1.807, 2.05) is 0 Å². The Hall–Kier alpha value is -1.09. The number of hydrogen-bond donors (Lipinski definition) is 1. The van der Waals surface area contributed by atoms with E-state index in [0.29, 0.717) is 13.0 Å². The lowest BCUT2D eigenvalue weighted by atomic mass is 10.00. The molecule has 28 heavy (non-hydrogen) atoms. The molecule has 0 spiro atoms. The van der Waals surface area contributed by atoms with Crippen LogP contribution in [-0.4, -0.2) is 23.3 Å². The Labute approximate surface area is 174 Å². The van der Waals surface area contributed by atoms with Gasteiger partial charge in [0.1, 0.15) is 0 Å². The lowest BCUT2D eigenvalue weighted by molar-refractivity contribution is -0.143. The van der Waals surface area contributed by atoms with Crippen molar-refractivity contribution >= 4 is 5.97 Å². The Morgan fingerprint density at radius 2 is 1.43 bits per heavy atom. The molecule has 1 fully saturated rings. The molecule has 3 nitrogen and oxygen atoms in total. The van der Waals surface area contributed by atoms with E-state index in [2.05, 4.69) is 26.5 Å². The van der Waals surface area contributed by atoms with E-state index in [0.717, 1.165) is 25.7 Å². The lowest BCUT2D eigenvalue weighted by Gasteiger charge is -2.16. The molecule has 0 aliphatic carbocycles. The van der Waals surface area contributed by atoms with E-state index in [9.17, 15) is 9.90 Å². The van der Waals surface area contributed by atoms with Crippen molar-refractivity contribution in [1.82, 2.24) is 0 Å². The average Bonchev–Trinajstić information content (AvgIpc) is 2.64. The van der Waals surface area contributed by atoms with Crippen LogP contribution >= 0.6 is 0 Å². The van der Waals surface area contributed by atoms with Crippen LogP contribution in [0.25, 0.3) is 0 Å². The minimum atomic E-state index is -0.702. The highest BCUT2D eigenvalue weighted by Crippen LogP contribution is 2.14. The Kier molecular flexibility index (Phi) is 17.3. The number of ether oxygens (including phenoxy) is 1. The van der Waals surface area contributed by atoms with Gasteiger partial charge in [0.2, 0.25) is 0 Å². The Bertz CT molecular complexity index is 402. The molecular formula is C25H46O3. The third-order valence-corrected chi connectivity index (χ3v) is 5.18. The van der Waals surface area contributed by atoms with Crippen molar-refractivity contribution in [2.24, 2.45) is 0 Å². The van der Waals surface area contributed by atoms with Gasteiger partial charge in [-0.3, -0.25) is 4.79 Å². The number of carbonyl (C=O) groups excluding carboxylic acids is 1. The zero-order chi connectivity index (χ0) is 21.1. The van der Waals surface area contributed by atoms with Crippen LogP contribution in [-0.2, 0) is 9.53 Å². The average molecular weight is 395 g/mol. The predicted molar refractivity (Wildman–Crippen MR) is 120 cm³/mol. The molecule has 0 amide bonds. The van der Waals surface area contributed by atoms with Gasteiger partial charge in [-0.1, -0.05) is 81.9 Å². The highest BCUT2D eigenvalue weighted by molar-refractivity contribution is 5.69. The predicted octanol–water partition coefficient (Wildman–Crippen LogP) is 7.28. The second-order valence-electron chi connectivity index (χ2n) is 8.59. The van der Waals surface area contributed by atoms with Crippen molar-refractivity contribution in [3.05, 3.63) is 24.3 Å². The standard InChI is InChI=1S/C15H28O2.C10H18O/c16-15-13-11-9-7-5-3-1-2-4-6-8-10-12-14-17-15;1-5-10(4,11)8-6-7-9(2)3/h1-14H2;5,7,11H,1,6,8H2,2-4H3. The maximum Gasteiger partial charge on any atom is 0.305 e. The van der Waals surface area contributed by atoms with E-state index in [4.69, 9.17) is 4.74 Å². The maximum absolute atomic E-state index is 11.4. The summed E-state index contributed by atoms with van der Waals surface area (Å²) >= 11 is 0. The van der Waals surface area contributed by atoms with E-state index in [-0.39, 0.29) is 5.97 Å². The minimum Gasteiger partial charge on any atom is -0.466 e. The molecule has 1 N–H and O–H groups in total. The van der Waals surface area contributed by atoms with Gasteiger partial charge in [0.15, 0.2) is 0 Å². The van der Waals surface area contributed by atoms with E-state index < -0.39 is 5.60 Å². The van der Waals surface area contributed by atoms with Crippen LogP contribution in [0, 0.1) is 0 Å². The molecular weight excluding hydrogens is 348 g/mol. The van der Waals surface area contributed by atoms with Gasteiger partial charge in [0.25, 0.3) is 0 Å². The summed E-state index contributed by atoms with van der Waals surface area (Å²) in [6, 6.07) is 0. The monoisotopic (exact) mass is 394 g/mol. The molecule has 0 bridgehead atoms. The first kappa shape index (κ1) is 26.9. The first-order valence-corrected chi connectivity index (χ1v) is 11.5. The van der Waals surface area contributed by atoms with Gasteiger partial charge in [0, 0.05) is 6.42 Å². The van der Waals surface area contributed by atoms with E-state index >= 15 is 0 Å². The molecule has 1 heterocycles. The molecule has 1 aliphatic heterocycles. The SMILES string of the molecule is C=CC(C)(O)CCC=C(C)C.O=C1CCCCCCCCCCCCCCO1. The van der Waals surface area contributed by atoms with Gasteiger partial charge in [-0.05, 0) is 46.5 Å². The summed E-state index contributed by atoms with van der Waals surface area (Å²) in [6.45, 7) is 10.1. The molecule has 0 saturated carbocycles. The number of hydrogen-bond acceptors (Lipinski definition) is 3. The normalized spacial score (nSPS) is 19.9. The summed E-state index contributed by atoms with van der Waals surface area (Å²) in [5.41, 5.74) is 0.594. The van der Waals surface area contributed by atoms with Crippen LogP contribution in [0.3, 0.4) is 0 Å². The number of allylic oxidation sites excluding steroid dienone is 2. The maximum atomic E-state index is 11.4. The van der Waals surface area contributed by atoms with Gasteiger partial charge >= 0.3 is 5.97 Å². The second kappa shape index (κ2) is 18.0. The van der Waals surface area contributed by atoms with Crippen molar-refractivity contribution in [1.29, 1.82) is 0 Å². The summed E-state index contributed by atoms with van der Waals surface area (Å²) in [5.74, 6) is 0.0112. The first-order chi connectivity index (χ1) is 13.4. The molecule has 0 aromatic carbocycles. The highest BCUT2D eigenvalue weighted by Gasteiger charge is 2.12. The summed E-state index contributed by atoms with van der Waals surface area (Å²) in [5, 5.41) is 9.49. The fourth-order valence-corrected chi connectivity index (χ4v) is 3.15. The molecule has 0 aromatic heterocycles. The van der Waals surface area contributed by atoms with Gasteiger partial charge in [-0.15, -0.1) is 6.58 Å². The van der Waals surface area contributed by atoms with Gasteiger partial charge in [-0.2, -0.15) is 0 Å². The molecule has 0 radical (unpaired) electrons. The quantitative estimate of drug-likeness (QED) is 0.402. The van der Waals surface area contributed by atoms with Crippen LogP contribution in [0.2, 0.25) is 0 Å². The minimum absolute atomic E-state index is 0.0112. The molecule has 1 rings (SSSR count). The van der Waals surface area contributed by atoms with Crippen molar-refractivity contribution in [2.75, 3.05) is 6.61 Å². The molecule has 1 atom stereocenters. The number of esters is 1. The number of aliphatic hydroxyl groups is 1. The molecule has 1 saturated heterocycles. The van der Waals surface area contributed by atoms with Crippen LogP contribution in [0.15, 0.2) is 24.3 Å². The molecule has 1 unspecified atom stereocenters. The summed E-state index contributed by atoms with van der Waals surface area (Å²) < 4.78 is 5.20. The topological polar surface area (TPSA) is 46.5 Å². The number of rotatable bonds is 4. The first-order valence-electron chi connectivity index (χ1n) is 11.5. The highest BCUT2D eigenvalue weighted by atomic mass is 16.5. The van der Waals surface area contributed by atoms with Crippen LogP contribution in [0.5, 0.6) is 0 Å². The van der Waals surface area contributed by atoms with Crippen molar-refractivity contribution in [2.45, 2.75) is 123 Å². The second-order valence-corrected chi connectivity index (χ2v) is 8.59. The third kappa shape index (κ3) is 19.7. The zero-order valence-electron chi connectivity index (χ0n) is 18.9. The largest absolute Gasteiger partial charge is 0.466 e. The lowest BCUT2D eigenvalue weighted by Crippen LogP contribution is -2.19. The number of cyclic esters (lactones) is 1. The molecule has 164 valence electrons. The van der Waals surface area contributed by atoms with Crippen LogP contribution in [0.4, 0.5) is 0 Å². The fourth-order valence-electron chi connectivity index (χ4n) is 3.15. The summed E-state index contributed by atoms with van der Waals surface area (Å²) in [6.07, 6.45) is 21.3. The van der Waals surface area contributed by atoms with Crippen LogP contribution in [0.1, 0.15) is 117 Å². The van der Waals surface area contributed by atoms with Gasteiger partial charge in [-0.25, -0.2) is 0 Å². The van der Waals surface area contributed by atoms with Gasteiger partial charge in [0.05, 0.1) is 12.2 Å². The van der Waals surface area contributed by atoms with E-state index in [1.165, 1.54) is 69.8 Å². The smallest absolute Gasteiger partial charge is 0.305 e. The summed E-state index contributed by atoms with van der Waals surface area (Å²) in [4.78, 5) is 11.4. The number of carbonyl (C=O) groups is 1. The molecule has 1 aliphatic rings. The Morgan fingerprint density at radius 1 is 0.964 bits per heavy atom. The van der Waals surface area contributed by atoms with Crippen molar-refractivity contribution < 1.29 is 14.6 Å². The zero-order valence-corrected chi connectivity index (χ0v) is 18.9. The molecule has 0 aromatic rings. The van der Waals surface area contributed by atoms with Crippen molar-refractivity contribution in [3.8, 4) is 0 Å². The Morgan fingerprint density at radius 3 is 1.89 bits per heavy atom. The molecule has 3 heteroatoms.